The van der Waals surface area contributed by atoms with Gasteiger partial charge >= 0.3 is 0 Å². The third-order valence-electron chi connectivity index (χ3n) is 4.30. The maximum atomic E-state index is 3.61. The van der Waals surface area contributed by atoms with Crippen molar-refractivity contribution in [3.8, 4) is 0 Å². The Morgan fingerprint density at radius 3 is 2.95 bits per heavy atom. The SMILES string of the molecule is CCCNCC(C(C)C)N1CCc2sccc2C1C. The Hall–Kier alpha value is -0.380. The molecule has 2 nitrogen and oxygen atoms in total. The molecule has 2 atom stereocenters. The van der Waals surface area contributed by atoms with Gasteiger partial charge in [0.15, 0.2) is 0 Å². The highest BCUT2D eigenvalue weighted by Crippen LogP contribution is 2.35. The van der Waals surface area contributed by atoms with Gasteiger partial charge in [-0.1, -0.05) is 20.8 Å². The molecule has 0 amide bonds. The summed E-state index contributed by atoms with van der Waals surface area (Å²) in [4.78, 5) is 4.32. The van der Waals surface area contributed by atoms with Gasteiger partial charge in [-0.25, -0.2) is 0 Å². The fraction of sp³-hybridized carbons (Fsp3) is 0.750. The van der Waals surface area contributed by atoms with Gasteiger partial charge in [-0.3, -0.25) is 4.90 Å². The molecule has 0 spiro atoms. The molecule has 1 aromatic rings. The van der Waals surface area contributed by atoms with Crippen LogP contribution in [0, 0.1) is 5.92 Å². The Balaban J connectivity index is 2.06. The number of rotatable bonds is 6. The van der Waals surface area contributed by atoms with Crippen LogP contribution in [0.1, 0.15) is 50.6 Å². The minimum Gasteiger partial charge on any atom is -0.315 e. The molecule has 108 valence electrons. The standard InChI is InChI=1S/C16H28N2S/c1-5-8-17-11-15(12(2)3)18-9-6-16-14(13(18)4)7-10-19-16/h7,10,12-13,15,17H,5-6,8-9,11H2,1-4H3. The van der Waals surface area contributed by atoms with Crippen molar-refractivity contribution >= 4 is 11.3 Å². The molecule has 0 aromatic carbocycles. The Labute approximate surface area is 122 Å². The van der Waals surface area contributed by atoms with Crippen molar-refractivity contribution in [2.45, 2.75) is 52.6 Å². The van der Waals surface area contributed by atoms with Gasteiger partial charge in [0, 0.05) is 30.1 Å². The van der Waals surface area contributed by atoms with Gasteiger partial charge in [-0.15, -0.1) is 11.3 Å². The first-order valence-electron chi connectivity index (χ1n) is 7.67. The summed E-state index contributed by atoms with van der Waals surface area (Å²) in [6, 6.07) is 3.55. The van der Waals surface area contributed by atoms with Crippen LogP contribution in [0.4, 0.5) is 0 Å². The first kappa shape index (κ1) is 15.0. The summed E-state index contributed by atoms with van der Waals surface area (Å²) >= 11 is 1.93. The van der Waals surface area contributed by atoms with Gasteiger partial charge in [0.1, 0.15) is 0 Å². The number of nitrogens with zero attached hydrogens (tertiary/aromatic N) is 1. The van der Waals surface area contributed by atoms with E-state index in [1.165, 1.54) is 19.4 Å². The van der Waals surface area contributed by atoms with Gasteiger partial charge in [-0.2, -0.15) is 0 Å². The number of nitrogens with one attached hydrogen (secondary N) is 1. The monoisotopic (exact) mass is 280 g/mol. The normalized spacial score (nSPS) is 21.6. The lowest BCUT2D eigenvalue weighted by Gasteiger charge is -2.41. The summed E-state index contributed by atoms with van der Waals surface area (Å²) in [5.74, 6) is 0.701. The third kappa shape index (κ3) is 3.39. The second kappa shape index (κ2) is 6.87. The van der Waals surface area contributed by atoms with E-state index in [4.69, 9.17) is 0 Å². The van der Waals surface area contributed by atoms with Crippen LogP contribution in [0.2, 0.25) is 0 Å². The summed E-state index contributed by atoms with van der Waals surface area (Å²) in [5.41, 5.74) is 1.57. The third-order valence-corrected chi connectivity index (χ3v) is 5.30. The fourth-order valence-corrected chi connectivity index (χ4v) is 4.11. The van der Waals surface area contributed by atoms with E-state index in [-0.39, 0.29) is 0 Å². The Morgan fingerprint density at radius 1 is 1.47 bits per heavy atom. The maximum absolute atomic E-state index is 3.61. The lowest BCUT2D eigenvalue weighted by atomic mass is 9.94. The first-order valence-corrected chi connectivity index (χ1v) is 8.55. The zero-order valence-electron chi connectivity index (χ0n) is 12.8. The van der Waals surface area contributed by atoms with Crippen LogP contribution in [-0.4, -0.2) is 30.6 Å². The van der Waals surface area contributed by atoms with E-state index in [1.807, 2.05) is 11.3 Å². The molecule has 0 bridgehead atoms. The molecule has 0 saturated carbocycles. The lowest BCUT2D eigenvalue weighted by molar-refractivity contribution is 0.101. The highest BCUT2D eigenvalue weighted by Gasteiger charge is 2.31. The number of hydrogen-bond donors (Lipinski definition) is 1. The van der Waals surface area contributed by atoms with E-state index >= 15 is 0 Å². The molecule has 0 fully saturated rings. The van der Waals surface area contributed by atoms with Crippen LogP contribution in [-0.2, 0) is 6.42 Å². The van der Waals surface area contributed by atoms with Crippen molar-refractivity contribution in [2.24, 2.45) is 5.92 Å². The van der Waals surface area contributed by atoms with Crippen LogP contribution < -0.4 is 5.32 Å². The van der Waals surface area contributed by atoms with Gasteiger partial charge in [0.25, 0.3) is 0 Å². The van der Waals surface area contributed by atoms with Gasteiger partial charge in [0.2, 0.25) is 0 Å². The smallest absolute Gasteiger partial charge is 0.0334 e. The van der Waals surface area contributed by atoms with Crippen LogP contribution >= 0.6 is 11.3 Å². The van der Waals surface area contributed by atoms with E-state index in [1.54, 1.807) is 10.4 Å². The Bertz CT molecular complexity index is 386. The molecule has 19 heavy (non-hydrogen) atoms. The summed E-state index contributed by atoms with van der Waals surface area (Å²) < 4.78 is 0. The van der Waals surface area contributed by atoms with E-state index in [9.17, 15) is 0 Å². The molecule has 2 heterocycles. The highest BCUT2D eigenvalue weighted by atomic mass is 32.1. The lowest BCUT2D eigenvalue weighted by Crippen LogP contribution is -2.49. The minimum absolute atomic E-state index is 0.575. The predicted octanol–water partition coefficient (Wildman–Crippen LogP) is 3.69. The Kier molecular flexibility index (Phi) is 5.43. The van der Waals surface area contributed by atoms with Gasteiger partial charge in [-0.05, 0) is 49.2 Å². The number of hydrogen-bond acceptors (Lipinski definition) is 3. The molecule has 2 unspecified atom stereocenters. The topological polar surface area (TPSA) is 15.3 Å². The van der Waals surface area contributed by atoms with Crippen LogP contribution in [0.5, 0.6) is 0 Å². The molecule has 2 rings (SSSR count). The molecule has 3 heteroatoms. The molecule has 1 aliphatic heterocycles. The molecular formula is C16H28N2S. The second-order valence-electron chi connectivity index (χ2n) is 5.98. The number of thiophene rings is 1. The average molecular weight is 280 g/mol. The summed E-state index contributed by atoms with van der Waals surface area (Å²) in [6.07, 6.45) is 2.45. The predicted molar refractivity (Wildman–Crippen MR) is 84.9 cm³/mol. The second-order valence-corrected chi connectivity index (χ2v) is 6.98. The quantitative estimate of drug-likeness (QED) is 0.800. The van der Waals surface area contributed by atoms with E-state index in [2.05, 4.69) is 49.4 Å². The maximum Gasteiger partial charge on any atom is 0.0334 e. The molecule has 1 aliphatic rings. The summed E-state index contributed by atoms with van der Waals surface area (Å²) in [5, 5.41) is 5.87. The van der Waals surface area contributed by atoms with Crippen LogP contribution in [0.3, 0.4) is 0 Å². The molecule has 0 saturated heterocycles. The van der Waals surface area contributed by atoms with E-state index < -0.39 is 0 Å². The van der Waals surface area contributed by atoms with Gasteiger partial charge < -0.3 is 5.32 Å². The summed E-state index contributed by atoms with van der Waals surface area (Å²) in [7, 11) is 0. The van der Waals surface area contributed by atoms with Crippen molar-refractivity contribution in [3.63, 3.8) is 0 Å². The highest BCUT2D eigenvalue weighted by molar-refractivity contribution is 7.10. The zero-order valence-corrected chi connectivity index (χ0v) is 13.6. The van der Waals surface area contributed by atoms with Crippen LogP contribution in [0.15, 0.2) is 11.4 Å². The average Bonchev–Trinajstić information content (AvgIpc) is 2.85. The largest absolute Gasteiger partial charge is 0.315 e. The zero-order chi connectivity index (χ0) is 13.8. The fourth-order valence-electron chi connectivity index (χ4n) is 3.14. The van der Waals surface area contributed by atoms with Crippen molar-refractivity contribution in [1.82, 2.24) is 10.2 Å². The van der Waals surface area contributed by atoms with Crippen molar-refractivity contribution in [2.75, 3.05) is 19.6 Å². The van der Waals surface area contributed by atoms with Gasteiger partial charge in [0.05, 0.1) is 0 Å². The molecule has 0 aliphatic carbocycles. The van der Waals surface area contributed by atoms with Crippen molar-refractivity contribution in [1.29, 1.82) is 0 Å². The van der Waals surface area contributed by atoms with Crippen molar-refractivity contribution in [3.05, 3.63) is 21.9 Å². The van der Waals surface area contributed by atoms with Crippen molar-refractivity contribution < 1.29 is 0 Å². The minimum atomic E-state index is 0.575. The first-order chi connectivity index (χ1) is 9.15. The molecule has 1 N–H and O–H groups in total. The molecule has 1 aromatic heterocycles. The molecular weight excluding hydrogens is 252 g/mol. The number of fused-ring (bicyclic) bond motifs is 1. The summed E-state index contributed by atoms with van der Waals surface area (Å²) in [6.45, 7) is 12.8. The van der Waals surface area contributed by atoms with Crippen LogP contribution in [0.25, 0.3) is 0 Å². The van der Waals surface area contributed by atoms with E-state index in [0.29, 0.717) is 18.0 Å². The molecule has 0 radical (unpaired) electrons. The van der Waals surface area contributed by atoms with E-state index in [0.717, 1.165) is 13.1 Å². The Morgan fingerprint density at radius 2 is 2.26 bits per heavy atom.